The van der Waals surface area contributed by atoms with E-state index in [0.29, 0.717) is 12.5 Å². The third-order valence-electron chi connectivity index (χ3n) is 3.73. The Hall–Kier alpha value is -1.16. The summed E-state index contributed by atoms with van der Waals surface area (Å²) < 4.78 is 0. The Kier molecular flexibility index (Phi) is 5.77. The molecule has 0 aromatic heterocycles. The molecule has 1 aliphatic rings. The molecule has 0 bridgehead atoms. The maximum atomic E-state index is 11.9. The molecule has 2 rings (SSSR count). The van der Waals surface area contributed by atoms with Gasteiger partial charge in [0.1, 0.15) is 5.75 Å². The van der Waals surface area contributed by atoms with Crippen LogP contribution in [0.1, 0.15) is 38.2 Å². The van der Waals surface area contributed by atoms with Gasteiger partial charge < -0.3 is 10.4 Å². The summed E-state index contributed by atoms with van der Waals surface area (Å²) in [7, 11) is 0. The zero-order valence-electron chi connectivity index (χ0n) is 12.0. The molecule has 2 N–H and O–H groups in total. The summed E-state index contributed by atoms with van der Waals surface area (Å²) in [5.41, 5.74) is 1.09. The molecule has 0 saturated heterocycles. The topological polar surface area (TPSA) is 49.3 Å². The van der Waals surface area contributed by atoms with E-state index in [1.54, 1.807) is 12.1 Å². The summed E-state index contributed by atoms with van der Waals surface area (Å²) in [5, 5.41) is 13.1. The van der Waals surface area contributed by atoms with Gasteiger partial charge in [-0.3, -0.25) is 4.79 Å². The highest BCUT2D eigenvalue weighted by molar-refractivity contribution is 7.99. The predicted octanol–water partition coefficient (Wildman–Crippen LogP) is 3.12. The number of phenols is 1. The minimum Gasteiger partial charge on any atom is -0.508 e. The molecular weight excluding hydrogens is 270 g/mol. The lowest BCUT2D eigenvalue weighted by atomic mass is 10.1. The van der Waals surface area contributed by atoms with Crippen LogP contribution in [0.25, 0.3) is 0 Å². The van der Waals surface area contributed by atoms with Gasteiger partial charge in [0.25, 0.3) is 0 Å². The highest BCUT2D eigenvalue weighted by Gasteiger charge is 2.25. The van der Waals surface area contributed by atoms with Gasteiger partial charge >= 0.3 is 0 Å². The molecule has 0 aliphatic heterocycles. The summed E-state index contributed by atoms with van der Waals surface area (Å²) in [6, 6.07) is 7.43. The highest BCUT2D eigenvalue weighted by Crippen LogP contribution is 2.29. The summed E-state index contributed by atoms with van der Waals surface area (Å²) in [6.45, 7) is 2.19. The lowest BCUT2D eigenvalue weighted by molar-refractivity contribution is -0.121. The van der Waals surface area contributed by atoms with Crippen molar-refractivity contribution in [3.63, 3.8) is 0 Å². The minimum atomic E-state index is 0.144. The molecule has 0 heterocycles. The maximum Gasteiger partial charge on any atom is 0.220 e. The summed E-state index contributed by atoms with van der Waals surface area (Å²) in [5.74, 6) is 1.57. The predicted molar refractivity (Wildman–Crippen MR) is 84.1 cm³/mol. The van der Waals surface area contributed by atoms with Crippen LogP contribution in [0.2, 0.25) is 0 Å². The van der Waals surface area contributed by atoms with Crippen LogP contribution in [0, 0.1) is 0 Å². The van der Waals surface area contributed by atoms with Gasteiger partial charge in [0.15, 0.2) is 0 Å². The third kappa shape index (κ3) is 4.75. The van der Waals surface area contributed by atoms with Crippen LogP contribution in [0.15, 0.2) is 24.3 Å². The van der Waals surface area contributed by atoms with E-state index in [4.69, 9.17) is 0 Å². The van der Waals surface area contributed by atoms with Crippen molar-refractivity contribution in [3.8, 4) is 5.75 Å². The zero-order valence-corrected chi connectivity index (χ0v) is 12.8. The second-order valence-electron chi connectivity index (χ2n) is 5.32. The standard InChI is InChI=1S/C16H23NO2S/c1-2-20-15-9-6-13(11-15)17-16(19)10-5-12-3-7-14(18)8-4-12/h3-4,7-8,13,15,18H,2,5-6,9-11H2,1H3,(H,17,19)/t13-,15+/m1/s1. The Morgan fingerprint density at radius 3 is 2.80 bits per heavy atom. The van der Waals surface area contributed by atoms with Gasteiger partial charge in [0.05, 0.1) is 0 Å². The number of aromatic hydroxyl groups is 1. The van der Waals surface area contributed by atoms with Crippen LogP contribution < -0.4 is 5.32 Å². The van der Waals surface area contributed by atoms with Gasteiger partial charge in [0, 0.05) is 17.7 Å². The number of carbonyl (C=O) groups is 1. The fourth-order valence-corrected chi connectivity index (χ4v) is 3.82. The molecule has 0 radical (unpaired) electrons. The number of phenolic OH excluding ortho intramolecular Hbond substituents is 1. The average molecular weight is 293 g/mol. The molecule has 1 amide bonds. The number of hydrogen-bond donors (Lipinski definition) is 2. The smallest absolute Gasteiger partial charge is 0.220 e. The Balaban J connectivity index is 1.69. The van der Waals surface area contributed by atoms with E-state index < -0.39 is 0 Å². The van der Waals surface area contributed by atoms with Crippen molar-refractivity contribution in [3.05, 3.63) is 29.8 Å². The van der Waals surface area contributed by atoms with Gasteiger partial charge in [-0.25, -0.2) is 0 Å². The second kappa shape index (κ2) is 7.58. The number of nitrogens with one attached hydrogen (secondary N) is 1. The Bertz CT molecular complexity index is 433. The van der Waals surface area contributed by atoms with Gasteiger partial charge in [-0.05, 0) is 49.1 Å². The summed E-state index contributed by atoms with van der Waals surface area (Å²) >= 11 is 2.01. The van der Waals surface area contributed by atoms with Crippen molar-refractivity contribution in [1.82, 2.24) is 5.32 Å². The largest absolute Gasteiger partial charge is 0.508 e. The Labute approximate surface area is 125 Å². The third-order valence-corrected chi connectivity index (χ3v) is 4.96. The van der Waals surface area contributed by atoms with E-state index >= 15 is 0 Å². The molecule has 0 spiro atoms. The average Bonchev–Trinajstić information content (AvgIpc) is 2.86. The molecule has 1 saturated carbocycles. The van der Waals surface area contributed by atoms with E-state index in [1.165, 1.54) is 6.42 Å². The van der Waals surface area contributed by atoms with Crippen molar-refractivity contribution in [1.29, 1.82) is 0 Å². The molecule has 1 fully saturated rings. The first-order valence-corrected chi connectivity index (χ1v) is 8.41. The number of hydrogen-bond acceptors (Lipinski definition) is 3. The lowest BCUT2D eigenvalue weighted by Gasteiger charge is -2.13. The quantitative estimate of drug-likeness (QED) is 0.847. The number of rotatable bonds is 6. The molecule has 1 aliphatic carbocycles. The first-order valence-electron chi connectivity index (χ1n) is 7.36. The van der Waals surface area contributed by atoms with Crippen molar-refractivity contribution in [2.75, 3.05) is 5.75 Å². The molecule has 3 nitrogen and oxygen atoms in total. The van der Waals surface area contributed by atoms with Crippen LogP contribution in [0.5, 0.6) is 5.75 Å². The number of aryl methyl sites for hydroxylation is 1. The van der Waals surface area contributed by atoms with Crippen LogP contribution in [-0.2, 0) is 11.2 Å². The first kappa shape index (κ1) is 15.2. The summed E-state index contributed by atoms with van der Waals surface area (Å²) in [4.78, 5) is 11.9. The van der Waals surface area contributed by atoms with E-state index in [1.807, 2.05) is 23.9 Å². The molecule has 1 aromatic carbocycles. The Morgan fingerprint density at radius 1 is 1.35 bits per heavy atom. The normalized spacial score (nSPS) is 21.9. The van der Waals surface area contributed by atoms with Gasteiger partial charge in [-0.2, -0.15) is 11.8 Å². The van der Waals surface area contributed by atoms with Crippen LogP contribution in [0.4, 0.5) is 0 Å². The SMILES string of the molecule is CCS[C@H]1CC[C@@H](NC(=O)CCc2ccc(O)cc2)C1. The maximum absolute atomic E-state index is 11.9. The number of carbonyl (C=O) groups excluding carboxylic acids is 1. The molecule has 0 unspecified atom stereocenters. The van der Waals surface area contributed by atoms with E-state index in [-0.39, 0.29) is 11.7 Å². The van der Waals surface area contributed by atoms with E-state index in [0.717, 1.165) is 35.8 Å². The summed E-state index contributed by atoms with van der Waals surface area (Å²) in [6.07, 6.45) is 4.70. The minimum absolute atomic E-state index is 0.144. The van der Waals surface area contributed by atoms with Gasteiger partial charge in [-0.1, -0.05) is 19.1 Å². The molecule has 1 aromatic rings. The second-order valence-corrected chi connectivity index (χ2v) is 6.90. The molecule has 20 heavy (non-hydrogen) atoms. The number of amides is 1. The van der Waals surface area contributed by atoms with E-state index in [9.17, 15) is 9.90 Å². The molecule has 4 heteroatoms. The van der Waals surface area contributed by atoms with E-state index in [2.05, 4.69) is 12.2 Å². The molecule has 2 atom stereocenters. The van der Waals surface area contributed by atoms with Gasteiger partial charge in [-0.15, -0.1) is 0 Å². The zero-order chi connectivity index (χ0) is 14.4. The van der Waals surface area contributed by atoms with Crippen molar-refractivity contribution < 1.29 is 9.90 Å². The molecular formula is C16H23NO2S. The number of thioether (sulfide) groups is 1. The van der Waals surface area contributed by atoms with Crippen LogP contribution in [0.3, 0.4) is 0 Å². The first-order chi connectivity index (χ1) is 9.67. The lowest BCUT2D eigenvalue weighted by Crippen LogP contribution is -2.33. The van der Waals surface area contributed by atoms with Crippen LogP contribution in [-0.4, -0.2) is 28.1 Å². The molecule has 110 valence electrons. The highest BCUT2D eigenvalue weighted by atomic mass is 32.2. The van der Waals surface area contributed by atoms with Crippen molar-refractivity contribution in [2.24, 2.45) is 0 Å². The fraction of sp³-hybridized carbons (Fsp3) is 0.562. The van der Waals surface area contributed by atoms with Crippen molar-refractivity contribution >= 4 is 17.7 Å². The number of benzene rings is 1. The van der Waals surface area contributed by atoms with Gasteiger partial charge in [0.2, 0.25) is 5.91 Å². The fourth-order valence-electron chi connectivity index (χ4n) is 2.68. The van der Waals surface area contributed by atoms with Crippen LogP contribution >= 0.6 is 11.8 Å². The van der Waals surface area contributed by atoms with Crippen molar-refractivity contribution in [2.45, 2.75) is 50.3 Å². The Morgan fingerprint density at radius 2 is 2.10 bits per heavy atom. The monoisotopic (exact) mass is 293 g/mol.